The fraction of sp³-hybridized carbons (Fsp3) is 0.176. The van der Waals surface area contributed by atoms with Gasteiger partial charge in [0, 0.05) is 35.7 Å². The van der Waals surface area contributed by atoms with Gasteiger partial charge in [-0.05, 0) is 47.9 Å². The molecular weight excluding hydrogens is 493 g/mol. The van der Waals surface area contributed by atoms with E-state index in [0.717, 1.165) is 23.2 Å². The van der Waals surface area contributed by atoms with E-state index in [9.17, 15) is 13.2 Å². The zero-order chi connectivity index (χ0) is 26.5. The van der Waals surface area contributed by atoms with Crippen LogP contribution in [-0.2, 0) is 11.7 Å². The number of alkyl halides is 3. The maximum Gasteiger partial charge on any atom is 0.416 e. The first-order valence-corrected chi connectivity index (χ1v) is 13.3. The van der Waals surface area contributed by atoms with Crippen molar-refractivity contribution in [2.24, 2.45) is 0 Å². The Hall–Kier alpha value is -4.25. The van der Waals surface area contributed by atoms with Gasteiger partial charge in [0.2, 0.25) is 17.4 Å². The first-order chi connectivity index (χ1) is 18.9. The molecule has 4 heterocycles. The topological polar surface area (TPSA) is 7.76 Å². The Bertz CT molecular complexity index is 1810. The van der Waals surface area contributed by atoms with Crippen molar-refractivity contribution in [3.05, 3.63) is 132 Å². The number of rotatable bonds is 1. The lowest BCUT2D eigenvalue weighted by Crippen LogP contribution is -2.74. The Morgan fingerprint density at radius 3 is 2.38 bits per heavy atom. The molecule has 0 radical (unpaired) electrons. The molecule has 0 amide bonds. The molecule has 1 saturated carbocycles. The third-order valence-corrected chi connectivity index (χ3v) is 9.04. The van der Waals surface area contributed by atoms with E-state index in [1.165, 1.54) is 40.1 Å². The second-order valence-corrected chi connectivity index (χ2v) is 11.1. The number of aromatic nitrogens is 2. The molecule has 0 bridgehead atoms. The maximum absolute atomic E-state index is 13.7. The lowest BCUT2D eigenvalue weighted by molar-refractivity contribution is -0.852. The van der Waals surface area contributed by atoms with Gasteiger partial charge in [-0.3, -0.25) is 0 Å². The molecule has 5 heteroatoms. The molecule has 2 nitrogen and oxygen atoms in total. The molecule has 39 heavy (non-hydrogen) atoms. The second kappa shape index (κ2) is 7.66. The molecule has 3 aromatic carbocycles. The Balaban J connectivity index is 1.35. The van der Waals surface area contributed by atoms with Crippen molar-refractivity contribution in [1.29, 1.82) is 0 Å². The van der Waals surface area contributed by atoms with Gasteiger partial charge >= 0.3 is 6.18 Å². The van der Waals surface area contributed by atoms with Gasteiger partial charge in [0.25, 0.3) is 5.54 Å². The Morgan fingerprint density at radius 1 is 0.769 bits per heavy atom. The fourth-order valence-electron chi connectivity index (χ4n) is 7.40. The van der Waals surface area contributed by atoms with Crippen LogP contribution < -0.4 is 9.13 Å². The summed E-state index contributed by atoms with van der Waals surface area (Å²) in [5.41, 5.74) is 8.74. The molecule has 1 fully saturated rings. The first kappa shape index (κ1) is 22.7. The molecule has 3 aliphatic rings. The zero-order valence-electron chi connectivity index (χ0n) is 21.3. The van der Waals surface area contributed by atoms with E-state index in [4.69, 9.17) is 0 Å². The number of nitrogens with zero attached hydrogens (tertiary/aromatic N) is 2. The van der Waals surface area contributed by atoms with Crippen LogP contribution in [0.5, 0.6) is 0 Å². The number of fused-ring (bicyclic) bond motifs is 12. The molecule has 2 aliphatic heterocycles. The number of hydrogen-bond donors (Lipinski definition) is 0. The SMILES string of the molecule is Cc1ccc2[n+](c1)C1C(CC13c1ccccc1-c1cc(-c4ccccc4)cc[n+]13)c1ccc(C(F)(F)F)cc1-2. The molecule has 1 aliphatic carbocycles. The van der Waals surface area contributed by atoms with Crippen molar-refractivity contribution in [3.8, 4) is 33.6 Å². The Kier molecular flexibility index (Phi) is 4.46. The van der Waals surface area contributed by atoms with Gasteiger partial charge in [0.1, 0.15) is 0 Å². The maximum atomic E-state index is 13.7. The molecule has 1 spiro atoms. The number of pyridine rings is 2. The number of hydrogen-bond acceptors (Lipinski definition) is 0. The third kappa shape index (κ3) is 2.99. The summed E-state index contributed by atoms with van der Waals surface area (Å²) in [5, 5.41) is 0. The van der Waals surface area contributed by atoms with Crippen molar-refractivity contribution in [3.63, 3.8) is 0 Å². The minimum Gasteiger partial charge on any atom is -0.187 e. The second-order valence-electron chi connectivity index (χ2n) is 11.1. The van der Waals surface area contributed by atoms with Gasteiger partial charge in [-0.15, -0.1) is 0 Å². The lowest BCUT2D eigenvalue weighted by Gasteiger charge is -2.47. The van der Waals surface area contributed by atoms with Crippen LogP contribution in [0.15, 0.2) is 109 Å². The van der Waals surface area contributed by atoms with Crippen LogP contribution in [0.4, 0.5) is 13.2 Å². The standard InChI is InChI=1S/C34H25F3N2/c1-21-11-14-30-27-18-24(34(35,36)37)12-13-25(27)28-19-33(32(28)38(30)20-21)29-10-6-5-9-26(29)31-17-23(15-16-39(31)33)22-7-3-2-4-8-22/h2-18,20,28,32H,19H2,1H3/q+2. The smallest absolute Gasteiger partial charge is 0.187 e. The van der Waals surface area contributed by atoms with Crippen LogP contribution >= 0.6 is 0 Å². The summed E-state index contributed by atoms with van der Waals surface area (Å²) in [6.45, 7) is 2.05. The fourth-order valence-corrected chi connectivity index (χ4v) is 7.40. The Morgan fingerprint density at radius 2 is 1.56 bits per heavy atom. The quantitative estimate of drug-likeness (QED) is 0.205. The van der Waals surface area contributed by atoms with Crippen molar-refractivity contribution in [2.45, 2.75) is 37.0 Å². The van der Waals surface area contributed by atoms with Gasteiger partial charge in [0.15, 0.2) is 12.4 Å². The van der Waals surface area contributed by atoms with E-state index in [1.807, 2.05) is 25.1 Å². The highest BCUT2D eigenvalue weighted by Crippen LogP contribution is 2.63. The summed E-state index contributed by atoms with van der Waals surface area (Å²) < 4.78 is 45.8. The molecule has 3 unspecified atom stereocenters. The van der Waals surface area contributed by atoms with Crippen molar-refractivity contribution < 1.29 is 22.3 Å². The van der Waals surface area contributed by atoms with Crippen LogP contribution in [-0.4, -0.2) is 0 Å². The summed E-state index contributed by atoms with van der Waals surface area (Å²) in [6.07, 6.45) is 0.788. The van der Waals surface area contributed by atoms with E-state index in [2.05, 4.69) is 82.2 Å². The van der Waals surface area contributed by atoms with E-state index in [-0.39, 0.29) is 17.5 Å². The first-order valence-electron chi connectivity index (χ1n) is 13.3. The summed E-state index contributed by atoms with van der Waals surface area (Å²) in [6, 6.07) is 31.8. The van der Waals surface area contributed by atoms with E-state index in [0.29, 0.717) is 5.56 Å². The highest BCUT2D eigenvalue weighted by atomic mass is 19.4. The molecular formula is C34H25F3N2+2. The van der Waals surface area contributed by atoms with Crippen LogP contribution in [0.2, 0.25) is 0 Å². The van der Waals surface area contributed by atoms with Crippen molar-refractivity contribution in [2.75, 3.05) is 0 Å². The zero-order valence-corrected chi connectivity index (χ0v) is 21.3. The van der Waals surface area contributed by atoms with Crippen molar-refractivity contribution in [1.82, 2.24) is 0 Å². The van der Waals surface area contributed by atoms with Gasteiger partial charge in [-0.2, -0.15) is 22.3 Å². The summed E-state index contributed by atoms with van der Waals surface area (Å²) in [5.74, 6) is 0.113. The minimum atomic E-state index is -4.38. The highest BCUT2D eigenvalue weighted by Gasteiger charge is 2.74. The van der Waals surface area contributed by atoms with Gasteiger partial charge in [0.05, 0.1) is 22.6 Å². The monoisotopic (exact) mass is 518 g/mol. The average molecular weight is 519 g/mol. The van der Waals surface area contributed by atoms with E-state index in [1.54, 1.807) is 6.07 Å². The normalized spacial score (nSPS) is 21.8. The largest absolute Gasteiger partial charge is 0.416 e. The summed E-state index contributed by atoms with van der Waals surface area (Å²) in [7, 11) is 0. The molecule has 2 aromatic heterocycles. The van der Waals surface area contributed by atoms with Crippen LogP contribution in [0.1, 0.15) is 40.6 Å². The molecule has 3 atom stereocenters. The average Bonchev–Trinajstić information content (AvgIpc) is 3.23. The predicted octanol–water partition coefficient (Wildman–Crippen LogP) is 7.39. The summed E-state index contributed by atoms with van der Waals surface area (Å²) >= 11 is 0. The van der Waals surface area contributed by atoms with E-state index >= 15 is 0 Å². The third-order valence-electron chi connectivity index (χ3n) is 9.04. The number of aryl methyl sites for hydroxylation is 1. The lowest BCUT2D eigenvalue weighted by atomic mass is 9.56. The van der Waals surface area contributed by atoms with E-state index < -0.39 is 11.7 Å². The summed E-state index contributed by atoms with van der Waals surface area (Å²) in [4.78, 5) is 0. The molecule has 5 aromatic rings. The minimum absolute atomic E-state index is 0.0478. The van der Waals surface area contributed by atoms with Gasteiger partial charge < -0.3 is 0 Å². The number of halogens is 3. The Labute approximate surface area is 224 Å². The van der Waals surface area contributed by atoms with Crippen LogP contribution in [0.3, 0.4) is 0 Å². The number of benzene rings is 3. The predicted molar refractivity (Wildman–Crippen MR) is 143 cm³/mol. The van der Waals surface area contributed by atoms with Crippen LogP contribution in [0.25, 0.3) is 33.6 Å². The molecule has 0 saturated heterocycles. The molecule has 8 rings (SSSR count). The van der Waals surface area contributed by atoms with Crippen LogP contribution in [0, 0.1) is 6.92 Å². The van der Waals surface area contributed by atoms with Crippen molar-refractivity contribution >= 4 is 0 Å². The highest BCUT2D eigenvalue weighted by molar-refractivity contribution is 5.74. The molecule has 190 valence electrons. The van der Waals surface area contributed by atoms with Gasteiger partial charge in [-0.1, -0.05) is 54.6 Å². The van der Waals surface area contributed by atoms with Gasteiger partial charge in [-0.25, -0.2) is 0 Å². The molecule has 0 N–H and O–H groups in total.